The SMILES string of the molecule is CCn1nc([N+](=O)[O-])c(NC(=O)OC(C)(C)C)c1C. The van der Waals surface area contributed by atoms with Crippen molar-refractivity contribution in [2.24, 2.45) is 0 Å². The van der Waals surface area contributed by atoms with E-state index in [1.54, 1.807) is 34.6 Å². The number of nitro groups is 1. The number of ether oxygens (including phenoxy) is 1. The van der Waals surface area contributed by atoms with Gasteiger partial charge in [0.15, 0.2) is 5.69 Å². The lowest BCUT2D eigenvalue weighted by Crippen LogP contribution is -2.27. The van der Waals surface area contributed by atoms with Crippen LogP contribution in [0, 0.1) is 17.0 Å². The highest BCUT2D eigenvalue weighted by Crippen LogP contribution is 2.27. The molecule has 8 heteroatoms. The predicted octanol–water partition coefficient (Wildman–Crippen LogP) is 2.47. The maximum atomic E-state index is 11.7. The molecule has 1 aromatic heterocycles. The number of carbonyl (C=O) groups is 1. The second-order valence-electron chi connectivity index (χ2n) is 4.98. The molecule has 8 nitrogen and oxygen atoms in total. The monoisotopic (exact) mass is 270 g/mol. The molecule has 1 rings (SSSR count). The van der Waals surface area contributed by atoms with Crippen LogP contribution in [0.15, 0.2) is 0 Å². The third-order valence-corrected chi connectivity index (χ3v) is 2.29. The molecular weight excluding hydrogens is 252 g/mol. The van der Waals surface area contributed by atoms with E-state index in [1.165, 1.54) is 4.68 Å². The quantitative estimate of drug-likeness (QED) is 0.671. The molecule has 0 atom stereocenters. The number of rotatable bonds is 3. The van der Waals surface area contributed by atoms with Gasteiger partial charge in [-0.15, -0.1) is 0 Å². The molecule has 1 heterocycles. The first-order valence-electron chi connectivity index (χ1n) is 5.87. The van der Waals surface area contributed by atoms with Gasteiger partial charge >= 0.3 is 11.9 Å². The van der Waals surface area contributed by atoms with Gasteiger partial charge in [-0.05, 0) is 39.5 Å². The van der Waals surface area contributed by atoms with Crippen molar-refractivity contribution in [3.05, 3.63) is 15.8 Å². The van der Waals surface area contributed by atoms with E-state index in [-0.39, 0.29) is 11.5 Å². The van der Waals surface area contributed by atoms with Crippen molar-refractivity contribution >= 4 is 17.6 Å². The first kappa shape index (κ1) is 14.9. The van der Waals surface area contributed by atoms with Crippen LogP contribution >= 0.6 is 0 Å². The molecule has 0 saturated heterocycles. The minimum absolute atomic E-state index is 0.0705. The predicted molar refractivity (Wildman–Crippen MR) is 69.1 cm³/mol. The molecule has 0 aliphatic carbocycles. The average molecular weight is 270 g/mol. The van der Waals surface area contributed by atoms with Crippen LogP contribution in [0.2, 0.25) is 0 Å². The Morgan fingerprint density at radius 3 is 2.53 bits per heavy atom. The zero-order valence-electron chi connectivity index (χ0n) is 11.7. The van der Waals surface area contributed by atoms with E-state index < -0.39 is 16.6 Å². The van der Waals surface area contributed by atoms with Crippen LogP contribution < -0.4 is 5.32 Å². The standard InChI is InChI=1S/C11H18N4O4/c1-6-14-7(2)8(9(13-14)15(17)18)12-10(16)19-11(3,4)5/h6H2,1-5H3,(H,12,16). The number of nitrogens with one attached hydrogen (secondary N) is 1. The number of aromatic nitrogens is 2. The summed E-state index contributed by atoms with van der Waals surface area (Å²) in [4.78, 5) is 21.9. The van der Waals surface area contributed by atoms with Crippen LogP contribution in [-0.4, -0.2) is 26.4 Å². The Bertz CT molecular complexity index is 502. The fourth-order valence-electron chi connectivity index (χ4n) is 1.52. The largest absolute Gasteiger partial charge is 0.444 e. The fourth-order valence-corrected chi connectivity index (χ4v) is 1.52. The van der Waals surface area contributed by atoms with E-state index in [9.17, 15) is 14.9 Å². The van der Waals surface area contributed by atoms with Gasteiger partial charge in [0.05, 0.1) is 17.3 Å². The number of hydrogen-bond donors (Lipinski definition) is 1. The van der Waals surface area contributed by atoms with Crippen molar-refractivity contribution in [1.29, 1.82) is 0 Å². The summed E-state index contributed by atoms with van der Waals surface area (Å²) in [7, 11) is 0. The Balaban J connectivity index is 3.03. The number of anilines is 1. The van der Waals surface area contributed by atoms with Gasteiger partial charge in [-0.3, -0.25) is 5.32 Å². The smallest absolute Gasteiger partial charge is 0.414 e. The summed E-state index contributed by atoms with van der Waals surface area (Å²) in [5, 5.41) is 17.1. The molecular formula is C11H18N4O4. The molecule has 0 saturated carbocycles. The average Bonchev–Trinajstić information content (AvgIpc) is 2.53. The van der Waals surface area contributed by atoms with E-state index >= 15 is 0 Å². The zero-order valence-corrected chi connectivity index (χ0v) is 11.7. The molecule has 0 bridgehead atoms. The number of nitrogens with zero attached hydrogens (tertiary/aromatic N) is 3. The first-order valence-corrected chi connectivity index (χ1v) is 5.87. The highest BCUT2D eigenvalue weighted by Gasteiger charge is 2.28. The van der Waals surface area contributed by atoms with Crippen molar-refractivity contribution in [2.45, 2.75) is 46.8 Å². The normalized spacial score (nSPS) is 11.2. The lowest BCUT2D eigenvalue weighted by atomic mass is 10.2. The number of amides is 1. The zero-order chi connectivity index (χ0) is 14.8. The molecule has 0 unspecified atom stereocenters. The lowest BCUT2D eigenvalue weighted by molar-refractivity contribution is -0.388. The summed E-state index contributed by atoms with van der Waals surface area (Å²) in [5.41, 5.74) is -0.0887. The second kappa shape index (κ2) is 5.25. The van der Waals surface area contributed by atoms with Crippen LogP contribution in [-0.2, 0) is 11.3 Å². The summed E-state index contributed by atoms with van der Waals surface area (Å²) in [6, 6.07) is 0. The minimum atomic E-state index is -0.741. The van der Waals surface area contributed by atoms with Crippen LogP contribution in [0.3, 0.4) is 0 Å². The van der Waals surface area contributed by atoms with E-state index in [1.807, 2.05) is 0 Å². The van der Waals surface area contributed by atoms with Crippen molar-refractivity contribution in [1.82, 2.24) is 9.78 Å². The van der Waals surface area contributed by atoms with Gasteiger partial charge in [0.1, 0.15) is 5.60 Å². The van der Waals surface area contributed by atoms with E-state index in [4.69, 9.17) is 4.74 Å². The van der Waals surface area contributed by atoms with Gasteiger partial charge in [0.2, 0.25) is 0 Å². The van der Waals surface area contributed by atoms with Crippen LogP contribution in [0.25, 0.3) is 0 Å². The summed E-state index contributed by atoms with van der Waals surface area (Å²) < 4.78 is 6.51. The molecule has 19 heavy (non-hydrogen) atoms. The van der Waals surface area contributed by atoms with E-state index in [0.29, 0.717) is 12.2 Å². The number of carbonyl (C=O) groups excluding carboxylic acids is 1. The molecule has 1 amide bonds. The van der Waals surface area contributed by atoms with Crippen LogP contribution in [0.4, 0.5) is 16.3 Å². The Morgan fingerprint density at radius 2 is 2.11 bits per heavy atom. The van der Waals surface area contributed by atoms with Crippen molar-refractivity contribution < 1.29 is 14.5 Å². The summed E-state index contributed by atoms with van der Waals surface area (Å²) >= 11 is 0. The highest BCUT2D eigenvalue weighted by molar-refractivity contribution is 5.88. The maximum Gasteiger partial charge on any atom is 0.414 e. The molecule has 106 valence electrons. The Morgan fingerprint density at radius 1 is 1.53 bits per heavy atom. The number of aryl methyl sites for hydroxylation is 1. The van der Waals surface area contributed by atoms with Crippen LogP contribution in [0.5, 0.6) is 0 Å². The summed E-state index contributed by atoms with van der Waals surface area (Å²) in [6.45, 7) is 9.07. The van der Waals surface area contributed by atoms with Crippen molar-refractivity contribution in [2.75, 3.05) is 5.32 Å². The fraction of sp³-hybridized carbons (Fsp3) is 0.636. The maximum absolute atomic E-state index is 11.7. The molecule has 0 fully saturated rings. The topological polar surface area (TPSA) is 99.3 Å². The molecule has 1 aromatic rings. The first-order chi connectivity index (χ1) is 8.65. The van der Waals surface area contributed by atoms with Crippen LogP contribution in [0.1, 0.15) is 33.4 Å². The molecule has 0 aliphatic heterocycles. The van der Waals surface area contributed by atoms with Gasteiger partial charge in [0, 0.05) is 0 Å². The summed E-state index contributed by atoms with van der Waals surface area (Å²) in [6.07, 6.45) is -0.741. The minimum Gasteiger partial charge on any atom is -0.444 e. The Labute approximate surface area is 110 Å². The Hall–Kier alpha value is -2.12. The van der Waals surface area contributed by atoms with Crippen molar-refractivity contribution in [3.8, 4) is 0 Å². The summed E-state index contributed by atoms with van der Waals surface area (Å²) in [5.74, 6) is -0.384. The van der Waals surface area contributed by atoms with Gasteiger partial charge in [-0.1, -0.05) is 0 Å². The third kappa shape index (κ3) is 3.67. The molecule has 0 radical (unpaired) electrons. The molecule has 1 N–H and O–H groups in total. The highest BCUT2D eigenvalue weighted by atomic mass is 16.6. The lowest BCUT2D eigenvalue weighted by Gasteiger charge is -2.19. The molecule has 0 aliphatic rings. The van der Waals surface area contributed by atoms with Gasteiger partial charge in [0.25, 0.3) is 0 Å². The Kier molecular flexibility index (Phi) is 4.13. The second-order valence-corrected chi connectivity index (χ2v) is 4.98. The van der Waals surface area contributed by atoms with Gasteiger partial charge in [-0.2, -0.15) is 4.68 Å². The molecule has 0 spiro atoms. The van der Waals surface area contributed by atoms with Gasteiger partial charge < -0.3 is 14.9 Å². The third-order valence-electron chi connectivity index (χ3n) is 2.29. The van der Waals surface area contributed by atoms with E-state index in [0.717, 1.165) is 0 Å². The molecule has 0 aromatic carbocycles. The van der Waals surface area contributed by atoms with Crippen molar-refractivity contribution in [3.63, 3.8) is 0 Å². The van der Waals surface area contributed by atoms with E-state index in [2.05, 4.69) is 10.4 Å². The number of hydrogen-bond acceptors (Lipinski definition) is 5. The van der Waals surface area contributed by atoms with Gasteiger partial charge in [-0.25, -0.2) is 4.79 Å².